The quantitative estimate of drug-likeness (QED) is 0.0920. The molecule has 6 aromatic rings. The summed E-state index contributed by atoms with van der Waals surface area (Å²) in [6, 6.07) is 44.8. The average molecular weight is 763 g/mol. The van der Waals surface area contributed by atoms with Crippen LogP contribution in [0.25, 0.3) is 33.4 Å². The number of unbranched alkanes of at least 4 members (excludes halogenated alkanes) is 6. The predicted octanol–water partition coefficient (Wildman–Crippen LogP) is 12.5. The lowest BCUT2D eigenvalue weighted by Gasteiger charge is -2.35. The SMILES string of the molecule is CCCCCCC1(CCCCCC)c2cc(P3(=O)Oc4ccccc4-c4ccccc43)ccc2-c2ccc(P3(=O)Oc4ccccc4-c4ccccc43)cc21. The molecule has 0 saturated heterocycles. The number of rotatable bonds is 12. The molecule has 6 heteroatoms. The Morgan fingerprint density at radius 1 is 0.436 bits per heavy atom. The summed E-state index contributed by atoms with van der Waals surface area (Å²) < 4.78 is 44.4. The molecule has 3 aliphatic rings. The van der Waals surface area contributed by atoms with Gasteiger partial charge < -0.3 is 9.05 Å². The third kappa shape index (κ3) is 5.87. The zero-order valence-electron chi connectivity index (χ0n) is 31.8. The third-order valence-electron chi connectivity index (χ3n) is 12.2. The maximum atomic E-state index is 15.5. The Kier molecular flexibility index (Phi) is 9.48. The lowest BCUT2D eigenvalue weighted by atomic mass is 9.70. The minimum absolute atomic E-state index is 0.350. The molecule has 4 nitrogen and oxygen atoms in total. The van der Waals surface area contributed by atoms with Crippen molar-refractivity contribution in [2.24, 2.45) is 0 Å². The fourth-order valence-electron chi connectivity index (χ4n) is 9.42. The molecular weight excluding hydrogens is 714 g/mol. The maximum Gasteiger partial charge on any atom is 0.307 e. The van der Waals surface area contributed by atoms with E-state index in [4.69, 9.17) is 9.05 Å². The predicted molar refractivity (Wildman–Crippen MR) is 229 cm³/mol. The lowest BCUT2D eigenvalue weighted by molar-refractivity contribution is 0.401. The van der Waals surface area contributed by atoms with Gasteiger partial charge in [-0.25, -0.2) is 0 Å². The third-order valence-corrected chi connectivity index (χ3v) is 17.0. The topological polar surface area (TPSA) is 52.6 Å². The smallest absolute Gasteiger partial charge is 0.307 e. The van der Waals surface area contributed by atoms with E-state index < -0.39 is 14.7 Å². The Hall–Kier alpha value is -4.62. The van der Waals surface area contributed by atoms with Gasteiger partial charge in [-0.1, -0.05) is 150 Å². The molecule has 2 unspecified atom stereocenters. The van der Waals surface area contributed by atoms with Crippen LogP contribution >= 0.6 is 14.7 Å². The summed E-state index contributed by atoms with van der Waals surface area (Å²) in [5.41, 5.74) is 8.28. The number of benzene rings is 6. The van der Waals surface area contributed by atoms with Crippen LogP contribution in [0.4, 0.5) is 0 Å². The fourth-order valence-corrected chi connectivity index (χ4v) is 14.0. The molecular formula is C49H48O4P2. The zero-order valence-corrected chi connectivity index (χ0v) is 33.6. The highest BCUT2D eigenvalue weighted by Gasteiger charge is 2.47. The van der Waals surface area contributed by atoms with E-state index in [1.807, 2.05) is 97.1 Å². The summed E-state index contributed by atoms with van der Waals surface area (Å²) in [5, 5.41) is 2.94. The Morgan fingerprint density at radius 2 is 0.836 bits per heavy atom. The molecule has 0 amide bonds. The van der Waals surface area contributed by atoms with E-state index in [1.54, 1.807) is 0 Å². The first-order valence-electron chi connectivity index (χ1n) is 20.2. The van der Waals surface area contributed by atoms with Gasteiger partial charge in [-0.05, 0) is 94.8 Å². The number of hydrogen-bond acceptors (Lipinski definition) is 4. The van der Waals surface area contributed by atoms with Crippen molar-refractivity contribution in [2.75, 3.05) is 0 Å². The fraction of sp³-hybridized carbons (Fsp3) is 0.265. The minimum Gasteiger partial charge on any atom is -0.436 e. The van der Waals surface area contributed by atoms with Gasteiger partial charge >= 0.3 is 14.7 Å². The van der Waals surface area contributed by atoms with Crippen molar-refractivity contribution < 1.29 is 18.2 Å². The highest BCUT2D eigenvalue weighted by molar-refractivity contribution is 7.75. The van der Waals surface area contributed by atoms with Crippen molar-refractivity contribution in [3.05, 3.63) is 145 Å². The standard InChI is InChI=1S/C49H48O4P2/c1-3-5-7-17-31-49(32-18-8-6-4-2)43-33-35(54(50)47-25-15-11-21-41(47)39-19-9-13-23-45(39)52-54)27-29-37(43)38-30-28-36(34-44(38)49)55(51)48-26-16-12-22-42(48)40-20-10-14-24-46(40)53-55/h9-16,19-30,33-34H,3-8,17-18,31-32H2,1-2H3. The zero-order chi connectivity index (χ0) is 37.6. The minimum atomic E-state index is -3.52. The first-order chi connectivity index (χ1) is 26.9. The Morgan fingerprint density at radius 3 is 1.27 bits per heavy atom. The van der Waals surface area contributed by atoms with Crippen LogP contribution in [-0.4, -0.2) is 0 Å². The molecule has 55 heavy (non-hydrogen) atoms. The summed E-state index contributed by atoms with van der Waals surface area (Å²) in [4.78, 5) is 0. The van der Waals surface area contributed by atoms with Crippen molar-refractivity contribution in [3.63, 3.8) is 0 Å². The molecule has 278 valence electrons. The van der Waals surface area contributed by atoms with Gasteiger partial charge in [0.2, 0.25) is 0 Å². The second-order valence-electron chi connectivity index (χ2n) is 15.5. The Bertz CT molecular complexity index is 2340. The molecule has 2 atom stereocenters. The van der Waals surface area contributed by atoms with Crippen LogP contribution in [0.3, 0.4) is 0 Å². The highest BCUT2D eigenvalue weighted by atomic mass is 31.2. The van der Waals surface area contributed by atoms with Gasteiger partial charge in [-0.2, -0.15) is 0 Å². The maximum absolute atomic E-state index is 15.5. The molecule has 0 saturated carbocycles. The van der Waals surface area contributed by atoms with Crippen molar-refractivity contribution in [3.8, 4) is 44.9 Å². The van der Waals surface area contributed by atoms with Crippen LogP contribution in [0.5, 0.6) is 11.5 Å². The second kappa shape index (κ2) is 14.5. The first-order valence-corrected chi connectivity index (χ1v) is 23.4. The van der Waals surface area contributed by atoms with E-state index in [-0.39, 0.29) is 5.41 Å². The van der Waals surface area contributed by atoms with E-state index in [0.717, 1.165) is 94.8 Å². The first kappa shape index (κ1) is 36.0. The molecule has 0 N–H and O–H groups in total. The molecule has 1 aliphatic carbocycles. The Labute approximate surface area is 325 Å². The van der Waals surface area contributed by atoms with E-state index in [0.29, 0.717) is 11.5 Å². The van der Waals surface area contributed by atoms with Crippen molar-refractivity contribution >= 4 is 36.0 Å². The number of para-hydroxylation sites is 2. The van der Waals surface area contributed by atoms with Gasteiger partial charge in [0.1, 0.15) is 11.5 Å². The molecule has 0 spiro atoms. The van der Waals surface area contributed by atoms with E-state index >= 15 is 9.13 Å². The summed E-state index contributed by atoms with van der Waals surface area (Å²) in [5.74, 6) is 1.31. The van der Waals surface area contributed by atoms with Crippen molar-refractivity contribution in [1.82, 2.24) is 0 Å². The molecule has 2 aliphatic heterocycles. The molecule has 0 bridgehead atoms. The van der Waals surface area contributed by atoms with Crippen LogP contribution in [0.2, 0.25) is 0 Å². The summed E-state index contributed by atoms with van der Waals surface area (Å²) in [6.07, 6.45) is 11.1. The van der Waals surface area contributed by atoms with E-state index in [9.17, 15) is 0 Å². The van der Waals surface area contributed by atoms with Crippen LogP contribution in [0, 0.1) is 0 Å². The number of hydrogen-bond donors (Lipinski definition) is 0. The van der Waals surface area contributed by atoms with Crippen LogP contribution in [0.15, 0.2) is 133 Å². The Balaban J connectivity index is 1.22. The molecule has 0 radical (unpaired) electrons. The van der Waals surface area contributed by atoms with Crippen molar-refractivity contribution in [2.45, 2.75) is 83.5 Å². The normalized spacial score (nSPS) is 19.5. The average Bonchev–Trinajstić information content (AvgIpc) is 3.49. The molecule has 2 heterocycles. The largest absolute Gasteiger partial charge is 0.436 e. The van der Waals surface area contributed by atoms with Gasteiger partial charge in [-0.15, -0.1) is 0 Å². The highest BCUT2D eigenvalue weighted by Crippen LogP contribution is 2.60. The summed E-state index contributed by atoms with van der Waals surface area (Å²) in [7, 11) is -7.04. The van der Waals surface area contributed by atoms with Gasteiger partial charge in [-0.3, -0.25) is 9.13 Å². The van der Waals surface area contributed by atoms with E-state index in [1.165, 1.54) is 35.1 Å². The van der Waals surface area contributed by atoms with Gasteiger partial charge in [0.05, 0.1) is 21.2 Å². The van der Waals surface area contributed by atoms with Gasteiger partial charge in [0.25, 0.3) is 0 Å². The molecule has 0 aromatic heterocycles. The van der Waals surface area contributed by atoms with Crippen LogP contribution < -0.4 is 30.3 Å². The lowest BCUT2D eigenvalue weighted by Crippen LogP contribution is -2.30. The summed E-state index contributed by atoms with van der Waals surface area (Å²) >= 11 is 0. The second-order valence-corrected chi connectivity index (χ2v) is 20.0. The molecule has 9 rings (SSSR count). The van der Waals surface area contributed by atoms with Crippen LogP contribution in [-0.2, 0) is 14.5 Å². The monoisotopic (exact) mass is 762 g/mol. The van der Waals surface area contributed by atoms with Crippen molar-refractivity contribution in [1.29, 1.82) is 0 Å². The molecule has 6 aromatic carbocycles. The number of fused-ring (bicyclic) bond motifs is 9. The van der Waals surface area contributed by atoms with Gasteiger partial charge in [0, 0.05) is 16.5 Å². The molecule has 0 fully saturated rings. The van der Waals surface area contributed by atoms with Crippen LogP contribution in [0.1, 0.15) is 89.2 Å². The van der Waals surface area contributed by atoms with E-state index in [2.05, 4.69) is 50.2 Å². The van der Waals surface area contributed by atoms with Gasteiger partial charge in [0.15, 0.2) is 0 Å². The summed E-state index contributed by atoms with van der Waals surface area (Å²) in [6.45, 7) is 4.52.